The normalized spacial score (nSPS) is 13.4. The van der Waals surface area contributed by atoms with Crippen molar-refractivity contribution < 1.29 is 4.74 Å². The van der Waals surface area contributed by atoms with Gasteiger partial charge in [-0.15, -0.1) is 11.3 Å². The molecule has 5 aromatic carbocycles. The Hall–Kier alpha value is -5.33. The van der Waals surface area contributed by atoms with Crippen molar-refractivity contribution in [3.05, 3.63) is 127 Å². The maximum absolute atomic E-state index is 6.63. The molecule has 9 rings (SSSR count). The molecule has 0 fully saturated rings. The third-order valence-electron chi connectivity index (χ3n) is 9.39. The van der Waals surface area contributed by atoms with Crippen LogP contribution in [0.2, 0.25) is 0 Å². The summed E-state index contributed by atoms with van der Waals surface area (Å²) in [6.07, 6.45) is 1.92. The molecule has 0 saturated heterocycles. The Morgan fingerprint density at radius 3 is 2.34 bits per heavy atom. The molecule has 0 aliphatic carbocycles. The Bertz CT molecular complexity index is 2500. The number of nitrogens with zero attached hydrogens (tertiary/aromatic N) is 4. The smallest absolute Gasteiger partial charge is 0.137 e. The minimum absolute atomic E-state index is 0.0170. The van der Waals surface area contributed by atoms with Crippen LogP contribution in [0.5, 0.6) is 11.5 Å². The van der Waals surface area contributed by atoms with E-state index < -0.39 is 0 Å². The molecule has 0 amide bonds. The lowest BCUT2D eigenvalue weighted by Crippen LogP contribution is -2.23. The standard InChI is InChI=1S/C41H34N4OS/c1-41(2,3)26-20-21-42-38(22-26)45-34-14-7-5-12-30(34)31-17-16-29(24-36(31)45)46-28-11-9-10-27(23-28)44-25-43(4)35-19-18-33-32-13-6-8-15-37(32)47-40(33)39(35)44/h5-24H,25H2,1-4H3. The van der Waals surface area contributed by atoms with Crippen molar-refractivity contribution in [1.29, 1.82) is 0 Å². The molecular formula is C41H34N4OS. The number of aromatic nitrogens is 2. The van der Waals surface area contributed by atoms with Gasteiger partial charge < -0.3 is 14.5 Å². The number of benzene rings is 5. The van der Waals surface area contributed by atoms with Crippen molar-refractivity contribution >= 4 is 70.4 Å². The number of ether oxygens (including phenoxy) is 1. The summed E-state index contributed by atoms with van der Waals surface area (Å²) in [5.74, 6) is 2.50. The molecule has 5 nitrogen and oxygen atoms in total. The predicted octanol–water partition coefficient (Wildman–Crippen LogP) is 11.2. The fraction of sp³-hybridized carbons (Fsp3) is 0.146. The number of thiophene rings is 1. The molecular weight excluding hydrogens is 597 g/mol. The Morgan fingerprint density at radius 2 is 1.47 bits per heavy atom. The van der Waals surface area contributed by atoms with Gasteiger partial charge >= 0.3 is 0 Å². The quantitative estimate of drug-likeness (QED) is 0.194. The van der Waals surface area contributed by atoms with Crippen LogP contribution >= 0.6 is 11.3 Å². The maximum Gasteiger partial charge on any atom is 0.137 e. The highest BCUT2D eigenvalue weighted by atomic mass is 32.1. The zero-order valence-electron chi connectivity index (χ0n) is 26.9. The molecule has 0 bridgehead atoms. The summed E-state index contributed by atoms with van der Waals surface area (Å²) in [7, 11) is 2.17. The molecule has 6 heteroatoms. The fourth-order valence-electron chi connectivity index (χ4n) is 7.02. The summed E-state index contributed by atoms with van der Waals surface area (Å²) in [4.78, 5) is 9.57. The van der Waals surface area contributed by atoms with Crippen LogP contribution in [-0.2, 0) is 5.41 Å². The average molecular weight is 631 g/mol. The third-order valence-corrected chi connectivity index (χ3v) is 10.6. The van der Waals surface area contributed by atoms with Crippen molar-refractivity contribution in [3.8, 4) is 17.3 Å². The third kappa shape index (κ3) is 4.47. The molecule has 230 valence electrons. The number of para-hydroxylation sites is 1. The largest absolute Gasteiger partial charge is 0.457 e. The van der Waals surface area contributed by atoms with E-state index in [1.54, 1.807) is 0 Å². The first-order valence-corrected chi connectivity index (χ1v) is 16.9. The summed E-state index contributed by atoms with van der Waals surface area (Å²) in [5.41, 5.74) is 7.09. The highest BCUT2D eigenvalue weighted by molar-refractivity contribution is 7.26. The van der Waals surface area contributed by atoms with Gasteiger partial charge in [-0.3, -0.25) is 4.57 Å². The maximum atomic E-state index is 6.63. The van der Waals surface area contributed by atoms with Crippen molar-refractivity contribution in [3.63, 3.8) is 0 Å². The predicted molar refractivity (Wildman–Crippen MR) is 199 cm³/mol. The summed E-state index contributed by atoms with van der Waals surface area (Å²) < 4.78 is 11.5. The van der Waals surface area contributed by atoms with E-state index >= 15 is 0 Å². The lowest BCUT2D eigenvalue weighted by Gasteiger charge is -2.21. The van der Waals surface area contributed by atoms with E-state index in [4.69, 9.17) is 9.72 Å². The number of hydrogen-bond donors (Lipinski definition) is 0. The molecule has 47 heavy (non-hydrogen) atoms. The van der Waals surface area contributed by atoms with Crippen molar-refractivity contribution in [2.24, 2.45) is 0 Å². The first-order chi connectivity index (χ1) is 22.8. The van der Waals surface area contributed by atoms with E-state index in [0.29, 0.717) is 0 Å². The number of anilines is 3. The van der Waals surface area contributed by atoms with Crippen molar-refractivity contribution in [1.82, 2.24) is 9.55 Å². The number of pyridine rings is 1. The van der Waals surface area contributed by atoms with E-state index in [9.17, 15) is 0 Å². The van der Waals surface area contributed by atoms with Crippen molar-refractivity contribution in [2.75, 3.05) is 23.5 Å². The minimum atomic E-state index is 0.0170. The van der Waals surface area contributed by atoms with Gasteiger partial charge in [0.15, 0.2) is 0 Å². The van der Waals surface area contributed by atoms with Gasteiger partial charge in [-0.25, -0.2) is 4.98 Å². The summed E-state index contributed by atoms with van der Waals surface area (Å²) in [5, 5.41) is 5.00. The van der Waals surface area contributed by atoms with E-state index in [1.165, 1.54) is 47.9 Å². The Labute approximate surface area is 277 Å². The van der Waals surface area contributed by atoms with Gasteiger partial charge in [-0.05, 0) is 65.6 Å². The van der Waals surface area contributed by atoms with Crippen LogP contribution in [0.25, 0.3) is 47.8 Å². The van der Waals surface area contributed by atoms with E-state index in [-0.39, 0.29) is 5.41 Å². The molecule has 1 aliphatic rings. The fourth-order valence-corrected chi connectivity index (χ4v) is 8.28. The second-order valence-electron chi connectivity index (χ2n) is 13.5. The number of rotatable bonds is 4. The Kier molecular flexibility index (Phi) is 6.15. The van der Waals surface area contributed by atoms with Gasteiger partial charge in [-0.2, -0.15) is 0 Å². The van der Waals surface area contributed by atoms with Gasteiger partial charge in [0, 0.05) is 57.3 Å². The van der Waals surface area contributed by atoms with Crippen LogP contribution in [0.3, 0.4) is 0 Å². The Morgan fingerprint density at radius 1 is 0.702 bits per heavy atom. The lowest BCUT2D eigenvalue weighted by molar-refractivity contribution is 0.483. The van der Waals surface area contributed by atoms with Crippen LogP contribution in [0.4, 0.5) is 17.1 Å². The highest BCUT2D eigenvalue weighted by Crippen LogP contribution is 2.50. The molecule has 0 atom stereocenters. The monoisotopic (exact) mass is 630 g/mol. The zero-order valence-corrected chi connectivity index (χ0v) is 27.7. The first kappa shape index (κ1) is 27.9. The van der Waals surface area contributed by atoms with Crippen LogP contribution in [-0.4, -0.2) is 23.3 Å². The molecule has 0 spiro atoms. The average Bonchev–Trinajstić information content (AvgIpc) is 3.73. The van der Waals surface area contributed by atoms with E-state index in [2.05, 4.69) is 151 Å². The van der Waals surface area contributed by atoms with Crippen LogP contribution in [0.15, 0.2) is 121 Å². The zero-order chi connectivity index (χ0) is 31.9. The molecule has 3 aromatic heterocycles. The molecule has 0 radical (unpaired) electrons. The lowest BCUT2D eigenvalue weighted by atomic mass is 9.88. The summed E-state index contributed by atoms with van der Waals surface area (Å²) in [6, 6.07) is 41.0. The van der Waals surface area contributed by atoms with Gasteiger partial charge in [-0.1, -0.05) is 69.3 Å². The molecule has 0 saturated carbocycles. The van der Waals surface area contributed by atoms with E-state index in [1.807, 2.05) is 23.6 Å². The van der Waals surface area contributed by atoms with E-state index in [0.717, 1.165) is 40.7 Å². The van der Waals surface area contributed by atoms with Crippen LogP contribution < -0.4 is 14.5 Å². The topological polar surface area (TPSA) is 33.5 Å². The van der Waals surface area contributed by atoms with Gasteiger partial charge in [0.05, 0.1) is 33.8 Å². The molecule has 1 aliphatic heterocycles. The molecule has 0 N–H and O–H groups in total. The van der Waals surface area contributed by atoms with Crippen molar-refractivity contribution in [2.45, 2.75) is 26.2 Å². The van der Waals surface area contributed by atoms with Gasteiger partial charge in [0.2, 0.25) is 0 Å². The van der Waals surface area contributed by atoms with Crippen LogP contribution in [0.1, 0.15) is 26.3 Å². The Balaban J connectivity index is 1.12. The number of hydrogen-bond acceptors (Lipinski definition) is 5. The highest BCUT2D eigenvalue weighted by Gasteiger charge is 2.28. The molecule has 4 heterocycles. The summed E-state index contributed by atoms with van der Waals surface area (Å²) >= 11 is 1.87. The molecule has 0 unspecified atom stereocenters. The van der Waals surface area contributed by atoms with Gasteiger partial charge in [0.1, 0.15) is 17.3 Å². The minimum Gasteiger partial charge on any atom is -0.457 e. The second kappa shape index (κ2) is 10.3. The van der Waals surface area contributed by atoms with Crippen LogP contribution in [0, 0.1) is 0 Å². The summed E-state index contributed by atoms with van der Waals surface area (Å²) in [6.45, 7) is 7.49. The SMILES string of the molecule is CN1CN(c2cccc(Oc3ccc4c5ccccc5n(-c5cc(C(C)(C)C)ccn5)c4c3)c2)c2c1ccc1c2sc2ccccc21. The van der Waals surface area contributed by atoms with Gasteiger partial charge in [0.25, 0.3) is 0 Å². The first-order valence-electron chi connectivity index (χ1n) is 16.0. The number of fused-ring (bicyclic) bond motifs is 8. The molecule has 8 aromatic rings. The second-order valence-corrected chi connectivity index (χ2v) is 14.5.